The van der Waals surface area contributed by atoms with Crippen LogP contribution in [0.4, 0.5) is 0 Å². The number of fused-ring (bicyclic) bond motifs is 10. The monoisotopic (exact) mass is 944 g/mol. The van der Waals surface area contributed by atoms with Crippen LogP contribution in [0.1, 0.15) is 0 Å². The Hall–Kier alpha value is -10.0. The molecule has 74 heavy (non-hydrogen) atoms. The molecule has 0 aliphatic rings. The molecule has 15 rings (SSSR count). The van der Waals surface area contributed by atoms with Crippen LogP contribution in [0, 0.1) is 0 Å². The van der Waals surface area contributed by atoms with Crippen molar-refractivity contribution in [1.29, 1.82) is 0 Å². The summed E-state index contributed by atoms with van der Waals surface area (Å²) in [6.07, 6.45) is 0. The summed E-state index contributed by atoms with van der Waals surface area (Å²) >= 11 is 0. The van der Waals surface area contributed by atoms with E-state index in [0.29, 0.717) is 0 Å². The number of benzene rings is 11. The summed E-state index contributed by atoms with van der Waals surface area (Å²) in [6.45, 7) is 0. The Kier molecular flexibility index (Phi) is 9.47. The van der Waals surface area contributed by atoms with Gasteiger partial charge in [-0.05, 0) is 133 Å². The SMILES string of the molecule is c1ccc(-c2c(-c3ccccc3)c(-c3ccccc3)c(-c3cccc(-n4c5ccc(-n6c7ccccc7n7c8ccccc8nc67)cc5n5c6ccccc6nc45)c3)c(-c3ccccc3)c2-c2ccccc2)cc1. The van der Waals surface area contributed by atoms with Gasteiger partial charge in [0.15, 0.2) is 0 Å². The molecule has 0 N–H and O–H groups in total. The summed E-state index contributed by atoms with van der Waals surface area (Å²) < 4.78 is 9.24. The second-order valence-corrected chi connectivity index (χ2v) is 18.9. The van der Waals surface area contributed by atoms with Crippen LogP contribution in [0.5, 0.6) is 0 Å². The van der Waals surface area contributed by atoms with E-state index in [1.165, 1.54) is 27.8 Å². The molecule has 0 saturated carbocycles. The van der Waals surface area contributed by atoms with Gasteiger partial charge < -0.3 is 0 Å². The van der Waals surface area contributed by atoms with Crippen molar-refractivity contribution in [2.45, 2.75) is 0 Å². The Labute approximate surface area is 426 Å². The highest BCUT2D eigenvalue weighted by Crippen LogP contribution is 2.56. The molecule has 0 spiro atoms. The number of nitrogens with zero attached hydrogens (tertiary/aromatic N) is 6. The zero-order valence-corrected chi connectivity index (χ0v) is 40.1. The maximum absolute atomic E-state index is 5.44. The minimum Gasteiger partial charge on any atom is -0.278 e. The van der Waals surface area contributed by atoms with E-state index in [0.717, 1.165) is 106 Å². The lowest BCUT2D eigenvalue weighted by atomic mass is 9.74. The zero-order chi connectivity index (χ0) is 48.7. The van der Waals surface area contributed by atoms with Crippen LogP contribution in [-0.4, -0.2) is 27.9 Å². The fourth-order valence-corrected chi connectivity index (χ4v) is 11.7. The molecule has 15 aromatic rings. The van der Waals surface area contributed by atoms with Crippen molar-refractivity contribution in [1.82, 2.24) is 27.9 Å². The molecule has 6 nitrogen and oxygen atoms in total. The van der Waals surface area contributed by atoms with Gasteiger partial charge in [-0.15, -0.1) is 0 Å². The van der Waals surface area contributed by atoms with Crippen molar-refractivity contribution < 1.29 is 0 Å². The molecule has 0 amide bonds. The second-order valence-electron chi connectivity index (χ2n) is 18.9. The van der Waals surface area contributed by atoms with E-state index in [2.05, 4.69) is 285 Å². The first-order valence-electron chi connectivity index (χ1n) is 25.2. The highest BCUT2D eigenvalue weighted by Gasteiger charge is 2.30. The molecule has 11 aromatic carbocycles. The molecular weight excluding hydrogens is 901 g/mol. The van der Waals surface area contributed by atoms with Crippen molar-refractivity contribution >= 4 is 55.7 Å². The molecule has 346 valence electrons. The summed E-state index contributed by atoms with van der Waals surface area (Å²) in [7, 11) is 0. The Morgan fingerprint density at radius 1 is 0.216 bits per heavy atom. The van der Waals surface area contributed by atoms with E-state index in [-0.39, 0.29) is 0 Å². The van der Waals surface area contributed by atoms with Crippen LogP contribution >= 0.6 is 0 Å². The van der Waals surface area contributed by atoms with E-state index in [4.69, 9.17) is 9.97 Å². The van der Waals surface area contributed by atoms with Crippen LogP contribution in [0.15, 0.2) is 267 Å². The van der Waals surface area contributed by atoms with Gasteiger partial charge in [-0.2, -0.15) is 0 Å². The summed E-state index contributed by atoms with van der Waals surface area (Å²) in [5.74, 6) is 1.71. The topological polar surface area (TPSA) is 44.5 Å². The average Bonchev–Trinajstić information content (AvgIpc) is 4.22. The van der Waals surface area contributed by atoms with E-state index in [9.17, 15) is 0 Å². The van der Waals surface area contributed by atoms with E-state index < -0.39 is 0 Å². The summed E-state index contributed by atoms with van der Waals surface area (Å²) in [5, 5.41) is 0. The molecule has 6 heteroatoms. The van der Waals surface area contributed by atoms with E-state index >= 15 is 0 Å². The second kappa shape index (κ2) is 16.8. The molecular formula is C68H44N6. The molecule has 0 aliphatic heterocycles. The van der Waals surface area contributed by atoms with Gasteiger partial charge in [0.1, 0.15) is 0 Å². The third kappa shape index (κ3) is 6.38. The normalized spacial score (nSPS) is 11.8. The summed E-state index contributed by atoms with van der Waals surface area (Å²) in [6, 6.07) is 96.2. The van der Waals surface area contributed by atoms with Crippen molar-refractivity contribution in [3.63, 3.8) is 0 Å². The third-order valence-corrected chi connectivity index (χ3v) is 14.8. The predicted octanol–water partition coefficient (Wildman–Crippen LogP) is 17.2. The van der Waals surface area contributed by atoms with Gasteiger partial charge in [0.05, 0.1) is 49.8 Å². The fourth-order valence-electron chi connectivity index (χ4n) is 11.7. The van der Waals surface area contributed by atoms with Gasteiger partial charge in [0.25, 0.3) is 0 Å². The third-order valence-electron chi connectivity index (χ3n) is 14.8. The first-order chi connectivity index (χ1) is 36.8. The van der Waals surface area contributed by atoms with Gasteiger partial charge in [-0.25, -0.2) is 9.97 Å². The standard InChI is InChI=1S/C68H44N6/c1-6-23-45(24-7-1)61-62(46-25-8-2-9-26-46)64(48-29-12-4-13-30-48)66(65(49-31-14-5-15-32-49)63(61)47-27-10-3-11-28-47)50-33-22-34-51(43-50)71-59-42-41-52(44-60(59)74-56-38-19-17-36-54(56)70-68(71)74)72-57-39-20-21-40-58(57)73-55-37-18-16-35-53(55)69-67(72)73/h1-44H. The number of hydrogen-bond donors (Lipinski definition) is 0. The minimum absolute atomic E-state index is 0.838. The van der Waals surface area contributed by atoms with E-state index in [1.54, 1.807) is 0 Å². The predicted molar refractivity (Wildman–Crippen MR) is 305 cm³/mol. The molecule has 0 unspecified atom stereocenters. The molecule has 4 heterocycles. The van der Waals surface area contributed by atoms with Gasteiger partial charge in [-0.1, -0.05) is 200 Å². The number of para-hydroxylation sites is 6. The minimum atomic E-state index is 0.838. The number of hydrogen-bond acceptors (Lipinski definition) is 2. The number of rotatable bonds is 8. The molecule has 0 bridgehead atoms. The molecule has 0 radical (unpaired) electrons. The quantitative estimate of drug-likeness (QED) is 0.152. The Balaban J connectivity index is 1.06. The van der Waals surface area contributed by atoms with Crippen molar-refractivity contribution in [2.75, 3.05) is 0 Å². The first-order valence-corrected chi connectivity index (χ1v) is 25.2. The Bertz CT molecular complexity index is 4520. The molecule has 4 aromatic heterocycles. The molecule has 0 atom stereocenters. The number of aromatic nitrogens is 6. The van der Waals surface area contributed by atoms with Crippen molar-refractivity contribution in [3.8, 4) is 78.1 Å². The average molecular weight is 945 g/mol. The Morgan fingerprint density at radius 3 is 0.986 bits per heavy atom. The maximum Gasteiger partial charge on any atom is 0.220 e. The van der Waals surface area contributed by atoms with E-state index in [1.807, 2.05) is 0 Å². The lowest BCUT2D eigenvalue weighted by Crippen LogP contribution is -2.03. The smallest absolute Gasteiger partial charge is 0.220 e. The fraction of sp³-hybridized carbons (Fsp3) is 0. The summed E-state index contributed by atoms with van der Waals surface area (Å²) in [5.41, 5.74) is 24.2. The van der Waals surface area contributed by atoms with Crippen LogP contribution < -0.4 is 0 Å². The van der Waals surface area contributed by atoms with Crippen LogP contribution in [0.3, 0.4) is 0 Å². The number of imidazole rings is 4. The van der Waals surface area contributed by atoms with Gasteiger partial charge in [-0.3, -0.25) is 17.9 Å². The van der Waals surface area contributed by atoms with Gasteiger partial charge >= 0.3 is 0 Å². The molecule has 0 fully saturated rings. The van der Waals surface area contributed by atoms with Gasteiger partial charge in [0, 0.05) is 5.69 Å². The van der Waals surface area contributed by atoms with Gasteiger partial charge in [0.2, 0.25) is 11.6 Å². The van der Waals surface area contributed by atoms with Crippen molar-refractivity contribution in [3.05, 3.63) is 267 Å². The van der Waals surface area contributed by atoms with Crippen LogP contribution in [-0.2, 0) is 0 Å². The molecule has 0 aliphatic carbocycles. The highest BCUT2D eigenvalue weighted by molar-refractivity contribution is 6.15. The lowest BCUT2D eigenvalue weighted by Gasteiger charge is -2.29. The maximum atomic E-state index is 5.44. The largest absolute Gasteiger partial charge is 0.278 e. The highest BCUT2D eigenvalue weighted by atomic mass is 15.2. The molecule has 0 saturated heterocycles. The van der Waals surface area contributed by atoms with Crippen LogP contribution in [0.2, 0.25) is 0 Å². The lowest BCUT2D eigenvalue weighted by molar-refractivity contribution is 1.11. The zero-order valence-electron chi connectivity index (χ0n) is 40.1. The summed E-state index contributed by atoms with van der Waals surface area (Å²) in [4.78, 5) is 10.7. The van der Waals surface area contributed by atoms with Crippen molar-refractivity contribution in [2.24, 2.45) is 0 Å². The first kappa shape index (κ1) is 41.7. The van der Waals surface area contributed by atoms with Crippen LogP contribution in [0.25, 0.3) is 134 Å². The Morgan fingerprint density at radius 2 is 0.541 bits per heavy atom.